The van der Waals surface area contributed by atoms with Crippen molar-refractivity contribution in [2.24, 2.45) is 0 Å². The molecule has 0 aliphatic heterocycles. The molecule has 2 N–H and O–H groups in total. The van der Waals surface area contributed by atoms with Gasteiger partial charge in [0, 0.05) is 23.1 Å². The third kappa shape index (κ3) is 3.23. The van der Waals surface area contributed by atoms with Gasteiger partial charge in [-0.25, -0.2) is 4.98 Å². The van der Waals surface area contributed by atoms with Crippen LogP contribution in [0.3, 0.4) is 0 Å². The Kier molecular flexibility index (Phi) is 3.88. The summed E-state index contributed by atoms with van der Waals surface area (Å²) < 4.78 is 5.17. The van der Waals surface area contributed by atoms with Crippen LogP contribution in [-0.4, -0.2) is 12.1 Å². The quantitative estimate of drug-likeness (QED) is 0.740. The highest BCUT2D eigenvalue weighted by Gasteiger charge is 2.05. The van der Waals surface area contributed by atoms with Crippen molar-refractivity contribution < 1.29 is 4.74 Å². The van der Waals surface area contributed by atoms with Crippen molar-refractivity contribution in [3.8, 4) is 17.0 Å². The molecule has 1 heterocycles. The zero-order valence-electron chi connectivity index (χ0n) is 11.7. The van der Waals surface area contributed by atoms with E-state index in [9.17, 15) is 0 Å². The van der Waals surface area contributed by atoms with Crippen molar-refractivity contribution in [1.82, 2.24) is 4.98 Å². The number of hydrogen-bond acceptors (Lipinski definition) is 4. The van der Waals surface area contributed by atoms with Crippen LogP contribution in [-0.2, 0) is 6.42 Å². The van der Waals surface area contributed by atoms with E-state index < -0.39 is 0 Å². The van der Waals surface area contributed by atoms with E-state index in [1.165, 1.54) is 5.56 Å². The fourth-order valence-electron chi connectivity index (χ4n) is 2.10. The molecule has 21 heavy (non-hydrogen) atoms. The lowest BCUT2D eigenvalue weighted by Crippen LogP contribution is -1.89. The first-order valence-electron chi connectivity index (χ1n) is 6.68. The fourth-order valence-corrected chi connectivity index (χ4v) is 2.93. The molecule has 0 saturated carbocycles. The first kappa shape index (κ1) is 13.6. The lowest BCUT2D eigenvalue weighted by Gasteiger charge is -2.01. The summed E-state index contributed by atoms with van der Waals surface area (Å²) in [6.45, 7) is 0. The molecule has 0 radical (unpaired) electrons. The predicted octanol–water partition coefficient (Wildman–Crippen LogP) is 3.99. The fraction of sp³-hybridized carbons (Fsp3) is 0.118. The van der Waals surface area contributed by atoms with Crippen LogP contribution < -0.4 is 10.5 Å². The molecule has 0 bridgehead atoms. The molecule has 0 unspecified atom stereocenters. The summed E-state index contributed by atoms with van der Waals surface area (Å²) in [4.78, 5) is 4.69. The van der Waals surface area contributed by atoms with Crippen LogP contribution in [0.25, 0.3) is 11.3 Å². The van der Waals surface area contributed by atoms with E-state index in [0.29, 0.717) is 0 Å². The number of anilines is 1. The zero-order valence-corrected chi connectivity index (χ0v) is 12.6. The number of thiazole rings is 1. The Morgan fingerprint density at radius 1 is 1.05 bits per heavy atom. The van der Waals surface area contributed by atoms with Crippen molar-refractivity contribution >= 4 is 17.0 Å². The van der Waals surface area contributed by atoms with Crippen molar-refractivity contribution in [1.29, 1.82) is 0 Å². The lowest BCUT2D eigenvalue weighted by atomic mass is 10.1. The highest BCUT2D eigenvalue weighted by Crippen LogP contribution is 2.24. The van der Waals surface area contributed by atoms with Crippen molar-refractivity contribution in [3.63, 3.8) is 0 Å². The van der Waals surface area contributed by atoms with Crippen LogP contribution in [0.1, 0.15) is 10.6 Å². The summed E-state index contributed by atoms with van der Waals surface area (Å²) in [6.07, 6.45) is 0.837. The smallest absolute Gasteiger partial charge is 0.118 e. The largest absolute Gasteiger partial charge is 0.497 e. The molecule has 106 valence electrons. The highest BCUT2D eigenvalue weighted by molar-refractivity contribution is 7.10. The Morgan fingerprint density at radius 2 is 1.76 bits per heavy atom. The zero-order chi connectivity index (χ0) is 14.7. The van der Waals surface area contributed by atoms with Gasteiger partial charge in [-0.3, -0.25) is 0 Å². The summed E-state index contributed by atoms with van der Waals surface area (Å²) in [5, 5.41) is 3.19. The highest BCUT2D eigenvalue weighted by atomic mass is 32.1. The van der Waals surface area contributed by atoms with Gasteiger partial charge in [0.05, 0.1) is 17.8 Å². The van der Waals surface area contributed by atoms with Crippen molar-refractivity contribution in [3.05, 3.63) is 64.5 Å². The Morgan fingerprint density at radius 3 is 2.43 bits per heavy atom. The summed E-state index contributed by atoms with van der Waals surface area (Å²) in [5.41, 5.74) is 9.81. The number of ether oxygens (including phenoxy) is 1. The molecule has 0 fully saturated rings. The Balaban J connectivity index is 1.76. The second-order valence-corrected chi connectivity index (χ2v) is 5.72. The van der Waals surface area contributed by atoms with Gasteiger partial charge in [0.1, 0.15) is 5.75 Å². The van der Waals surface area contributed by atoms with Gasteiger partial charge in [0.2, 0.25) is 0 Å². The van der Waals surface area contributed by atoms with E-state index in [1.54, 1.807) is 18.4 Å². The molecule has 2 aromatic carbocycles. The molecule has 0 aliphatic rings. The molecule has 0 aliphatic carbocycles. The van der Waals surface area contributed by atoms with Gasteiger partial charge in [-0.05, 0) is 29.8 Å². The van der Waals surface area contributed by atoms with Gasteiger partial charge in [-0.2, -0.15) is 0 Å². The Bertz CT molecular complexity index is 717. The Labute approximate surface area is 128 Å². The van der Waals surface area contributed by atoms with Gasteiger partial charge in [0.25, 0.3) is 0 Å². The lowest BCUT2D eigenvalue weighted by molar-refractivity contribution is 0.414. The number of methoxy groups -OCH3 is 1. The van der Waals surface area contributed by atoms with Gasteiger partial charge in [0.15, 0.2) is 0 Å². The van der Waals surface area contributed by atoms with E-state index in [1.807, 2.05) is 36.4 Å². The average molecular weight is 296 g/mol. The maximum Gasteiger partial charge on any atom is 0.118 e. The monoisotopic (exact) mass is 296 g/mol. The van der Waals surface area contributed by atoms with E-state index in [4.69, 9.17) is 15.5 Å². The van der Waals surface area contributed by atoms with E-state index in [0.717, 1.165) is 34.1 Å². The van der Waals surface area contributed by atoms with Gasteiger partial charge in [-0.15, -0.1) is 11.3 Å². The van der Waals surface area contributed by atoms with Crippen LogP contribution in [0.4, 0.5) is 5.69 Å². The van der Waals surface area contributed by atoms with Crippen LogP contribution in [0, 0.1) is 0 Å². The second kappa shape index (κ2) is 5.97. The van der Waals surface area contributed by atoms with Gasteiger partial charge < -0.3 is 10.5 Å². The van der Waals surface area contributed by atoms with Crippen LogP contribution in [0.2, 0.25) is 0 Å². The molecule has 3 nitrogen and oxygen atoms in total. The van der Waals surface area contributed by atoms with Crippen LogP contribution in [0.5, 0.6) is 5.75 Å². The number of aromatic nitrogens is 1. The summed E-state index contributed by atoms with van der Waals surface area (Å²) in [5.74, 6) is 0.875. The molecule has 0 spiro atoms. The third-order valence-corrected chi connectivity index (χ3v) is 4.12. The number of benzene rings is 2. The van der Waals surface area contributed by atoms with Gasteiger partial charge >= 0.3 is 0 Å². The standard InChI is InChI=1S/C17H16N2OS/c1-20-15-8-2-12(3-9-15)10-17-19-16(11-21-17)13-4-6-14(18)7-5-13/h2-9,11H,10,18H2,1H3. The number of nitrogen functional groups attached to an aromatic ring is 1. The molecule has 3 aromatic rings. The number of hydrogen-bond donors (Lipinski definition) is 1. The minimum Gasteiger partial charge on any atom is -0.497 e. The molecule has 0 atom stereocenters. The topological polar surface area (TPSA) is 48.1 Å². The maximum atomic E-state index is 5.71. The van der Waals surface area contributed by atoms with Crippen molar-refractivity contribution in [2.75, 3.05) is 12.8 Å². The maximum absolute atomic E-state index is 5.71. The van der Waals surface area contributed by atoms with E-state index in [2.05, 4.69) is 17.5 Å². The first-order valence-corrected chi connectivity index (χ1v) is 7.56. The molecule has 0 saturated heterocycles. The molecule has 4 heteroatoms. The summed E-state index contributed by atoms with van der Waals surface area (Å²) in [7, 11) is 1.68. The first-order chi connectivity index (χ1) is 10.2. The van der Waals surface area contributed by atoms with E-state index >= 15 is 0 Å². The third-order valence-electron chi connectivity index (χ3n) is 3.27. The second-order valence-electron chi connectivity index (χ2n) is 4.77. The SMILES string of the molecule is COc1ccc(Cc2nc(-c3ccc(N)cc3)cs2)cc1. The van der Waals surface area contributed by atoms with Crippen LogP contribution in [0.15, 0.2) is 53.9 Å². The molecular weight excluding hydrogens is 280 g/mol. The number of rotatable bonds is 4. The normalized spacial score (nSPS) is 10.5. The van der Waals surface area contributed by atoms with Gasteiger partial charge in [-0.1, -0.05) is 24.3 Å². The van der Waals surface area contributed by atoms with E-state index in [-0.39, 0.29) is 0 Å². The molecule has 0 amide bonds. The summed E-state index contributed by atoms with van der Waals surface area (Å²) >= 11 is 1.68. The average Bonchev–Trinajstić information content (AvgIpc) is 2.97. The summed E-state index contributed by atoms with van der Waals surface area (Å²) in [6, 6.07) is 15.9. The Hall–Kier alpha value is -2.33. The molecular formula is C17H16N2OS. The molecule has 1 aromatic heterocycles. The predicted molar refractivity (Wildman–Crippen MR) is 87.8 cm³/mol. The van der Waals surface area contributed by atoms with Crippen LogP contribution >= 0.6 is 11.3 Å². The van der Waals surface area contributed by atoms with Crippen molar-refractivity contribution in [2.45, 2.75) is 6.42 Å². The minimum absolute atomic E-state index is 0.771. The number of nitrogens with zero attached hydrogens (tertiary/aromatic N) is 1. The number of nitrogens with two attached hydrogens (primary N) is 1. The minimum atomic E-state index is 0.771. The molecule has 3 rings (SSSR count).